The van der Waals surface area contributed by atoms with Crippen molar-refractivity contribution in [2.24, 2.45) is 0 Å². The van der Waals surface area contributed by atoms with E-state index in [1.807, 2.05) is 33.9 Å². The molecule has 0 bridgehead atoms. The molecule has 1 atom stereocenters. The van der Waals surface area contributed by atoms with E-state index in [0.29, 0.717) is 6.61 Å². The van der Waals surface area contributed by atoms with Gasteiger partial charge in [-0.1, -0.05) is 0 Å². The Balaban J connectivity index is 2.54. The highest BCUT2D eigenvalue weighted by Gasteiger charge is 2.12. The van der Waals surface area contributed by atoms with Crippen molar-refractivity contribution in [3.63, 3.8) is 0 Å². The van der Waals surface area contributed by atoms with E-state index in [0.717, 1.165) is 11.3 Å². The molecule has 0 aliphatic carbocycles. The molecule has 3 nitrogen and oxygen atoms in total. The number of furan rings is 1. The van der Waals surface area contributed by atoms with E-state index in [9.17, 15) is 0 Å². The van der Waals surface area contributed by atoms with Gasteiger partial charge in [0, 0.05) is 5.56 Å². The Morgan fingerprint density at radius 2 is 2.21 bits per heavy atom. The molecule has 0 fully saturated rings. The maximum atomic E-state index is 5.55. The van der Waals surface area contributed by atoms with Gasteiger partial charge >= 0.3 is 0 Å². The molecule has 1 aromatic heterocycles. The van der Waals surface area contributed by atoms with Crippen molar-refractivity contribution in [1.29, 1.82) is 0 Å². The first-order valence-corrected chi connectivity index (χ1v) is 4.97. The zero-order chi connectivity index (χ0) is 10.6. The summed E-state index contributed by atoms with van der Waals surface area (Å²) in [7, 11) is 1.93. The van der Waals surface area contributed by atoms with Gasteiger partial charge in [0.1, 0.15) is 5.76 Å². The molecular formula is C11H19NO2. The van der Waals surface area contributed by atoms with Crippen molar-refractivity contribution in [2.75, 3.05) is 13.7 Å². The molecule has 1 heterocycles. The van der Waals surface area contributed by atoms with Crippen molar-refractivity contribution in [1.82, 2.24) is 5.32 Å². The van der Waals surface area contributed by atoms with Crippen LogP contribution in [0.15, 0.2) is 16.7 Å². The van der Waals surface area contributed by atoms with Crippen LogP contribution in [0.2, 0.25) is 0 Å². The van der Waals surface area contributed by atoms with Crippen molar-refractivity contribution in [3.8, 4) is 0 Å². The molecular weight excluding hydrogens is 178 g/mol. The number of aryl methyl sites for hydroxylation is 1. The lowest BCUT2D eigenvalue weighted by Gasteiger charge is -2.16. The Morgan fingerprint density at radius 1 is 1.50 bits per heavy atom. The van der Waals surface area contributed by atoms with Gasteiger partial charge in [0.25, 0.3) is 0 Å². The second-order valence-electron chi connectivity index (χ2n) is 3.71. The topological polar surface area (TPSA) is 34.4 Å². The highest BCUT2D eigenvalue weighted by atomic mass is 16.5. The summed E-state index contributed by atoms with van der Waals surface area (Å²) in [6, 6.07) is 2.25. The number of hydrogen-bond donors (Lipinski definition) is 1. The monoisotopic (exact) mass is 197 g/mol. The molecule has 1 N–H and O–H groups in total. The predicted molar refractivity (Wildman–Crippen MR) is 56.3 cm³/mol. The Labute approximate surface area is 85.4 Å². The summed E-state index contributed by atoms with van der Waals surface area (Å²) in [5.74, 6) is 0.935. The standard InChI is InChI=1S/C11H19NO2/c1-8(2)13-7-11(12-4)10-5-9(3)14-6-10/h5-6,8,11-12H,7H2,1-4H3. The summed E-state index contributed by atoms with van der Waals surface area (Å²) < 4.78 is 10.8. The number of nitrogens with one attached hydrogen (secondary N) is 1. The van der Waals surface area contributed by atoms with Crippen molar-refractivity contribution < 1.29 is 9.15 Å². The lowest BCUT2D eigenvalue weighted by atomic mass is 10.1. The van der Waals surface area contributed by atoms with E-state index in [1.165, 1.54) is 0 Å². The molecule has 14 heavy (non-hydrogen) atoms. The summed E-state index contributed by atoms with van der Waals surface area (Å²) in [5, 5.41) is 3.20. The fourth-order valence-corrected chi connectivity index (χ4v) is 1.28. The molecule has 0 amide bonds. The van der Waals surface area contributed by atoms with E-state index in [1.54, 1.807) is 6.26 Å². The Hall–Kier alpha value is -0.800. The Kier molecular flexibility index (Phi) is 4.17. The summed E-state index contributed by atoms with van der Waals surface area (Å²) >= 11 is 0. The van der Waals surface area contributed by atoms with Gasteiger partial charge in [-0.3, -0.25) is 0 Å². The van der Waals surface area contributed by atoms with Crippen LogP contribution in [0.25, 0.3) is 0 Å². The fraction of sp³-hybridized carbons (Fsp3) is 0.636. The minimum atomic E-state index is 0.217. The van der Waals surface area contributed by atoms with Crippen molar-refractivity contribution in [2.45, 2.75) is 32.9 Å². The van der Waals surface area contributed by atoms with Gasteiger partial charge in [-0.25, -0.2) is 0 Å². The summed E-state index contributed by atoms with van der Waals surface area (Å²) in [6.07, 6.45) is 2.04. The molecule has 80 valence electrons. The molecule has 3 heteroatoms. The molecule has 0 saturated carbocycles. The van der Waals surface area contributed by atoms with E-state index >= 15 is 0 Å². The Bertz CT molecular complexity index is 268. The normalized spacial score (nSPS) is 13.5. The lowest BCUT2D eigenvalue weighted by Crippen LogP contribution is -2.23. The minimum Gasteiger partial charge on any atom is -0.469 e. The first-order chi connectivity index (χ1) is 6.63. The molecule has 1 unspecified atom stereocenters. The highest BCUT2D eigenvalue weighted by Crippen LogP contribution is 2.16. The smallest absolute Gasteiger partial charge is 0.101 e. The Morgan fingerprint density at radius 3 is 2.64 bits per heavy atom. The first kappa shape index (κ1) is 11.3. The average Bonchev–Trinajstić information content (AvgIpc) is 2.53. The van der Waals surface area contributed by atoms with Crippen LogP contribution < -0.4 is 5.32 Å². The van der Waals surface area contributed by atoms with Gasteiger partial charge in [0.15, 0.2) is 0 Å². The van der Waals surface area contributed by atoms with E-state index in [4.69, 9.17) is 9.15 Å². The third-order valence-corrected chi connectivity index (χ3v) is 2.10. The van der Waals surface area contributed by atoms with E-state index < -0.39 is 0 Å². The van der Waals surface area contributed by atoms with Crippen molar-refractivity contribution >= 4 is 0 Å². The van der Waals surface area contributed by atoms with Gasteiger partial charge in [-0.05, 0) is 33.9 Å². The largest absolute Gasteiger partial charge is 0.469 e. The van der Waals surface area contributed by atoms with Gasteiger partial charge in [0.2, 0.25) is 0 Å². The number of rotatable bonds is 5. The zero-order valence-electron chi connectivity index (χ0n) is 9.33. The van der Waals surface area contributed by atoms with Crippen LogP contribution in [-0.2, 0) is 4.74 Å². The molecule has 0 aliphatic heterocycles. The summed E-state index contributed by atoms with van der Waals surface area (Å²) in [6.45, 7) is 6.69. The van der Waals surface area contributed by atoms with Crippen LogP contribution in [0.4, 0.5) is 0 Å². The van der Waals surface area contributed by atoms with Gasteiger partial charge < -0.3 is 14.5 Å². The fourth-order valence-electron chi connectivity index (χ4n) is 1.28. The quantitative estimate of drug-likeness (QED) is 0.786. The molecule has 0 aromatic carbocycles. The third-order valence-electron chi connectivity index (χ3n) is 2.10. The van der Waals surface area contributed by atoms with E-state index in [-0.39, 0.29) is 12.1 Å². The summed E-state index contributed by atoms with van der Waals surface area (Å²) in [4.78, 5) is 0. The molecule has 1 aromatic rings. The van der Waals surface area contributed by atoms with Gasteiger partial charge in [0.05, 0.1) is 25.0 Å². The minimum absolute atomic E-state index is 0.217. The predicted octanol–water partition coefficient (Wildman–Crippen LogP) is 2.27. The van der Waals surface area contributed by atoms with Crippen LogP contribution in [0.5, 0.6) is 0 Å². The van der Waals surface area contributed by atoms with Gasteiger partial charge in [-0.15, -0.1) is 0 Å². The second-order valence-corrected chi connectivity index (χ2v) is 3.71. The highest BCUT2D eigenvalue weighted by molar-refractivity contribution is 5.16. The zero-order valence-corrected chi connectivity index (χ0v) is 9.33. The van der Waals surface area contributed by atoms with Crippen LogP contribution in [0, 0.1) is 6.92 Å². The van der Waals surface area contributed by atoms with Crippen LogP contribution in [0.1, 0.15) is 31.2 Å². The number of ether oxygens (including phenoxy) is 1. The SMILES string of the molecule is CNC(COC(C)C)c1coc(C)c1. The lowest BCUT2D eigenvalue weighted by molar-refractivity contribution is 0.0625. The van der Waals surface area contributed by atoms with E-state index in [2.05, 4.69) is 5.32 Å². The second kappa shape index (κ2) is 5.17. The van der Waals surface area contributed by atoms with Crippen molar-refractivity contribution in [3.05, 3.63) is 23.7 Å². The maximum Gasteiger partial charge on any atom is 0.101 e. The van der Waals surface area contributed by atoms with Crippen LogP contribution in [-0.4, -0.2) is 19.8 Å². The molecule has 0 spiro atoms. The third kappa shape index (κ3) is 3.16. The number of hydrogen-bond acceptors (Lipinski definition) is 3. The van der Waals surface area contributed by atoms with Crippen LogP contribution in [0.3, 0.4) is 0 Å². The maximum absolute atomic E-state index is 5.55. The molecule has 0 saturated heterocycles. The molecule has 1 rings (SSSR count). The average molecular weight is 197 g/mol. The first-order valence-electron chi connectivity index (χ1n) is 4.97. The molecule has 0 radical (unpaired) electrons. The van der Waals surface area contributed by atoms with Crippen LogP contribution >= 0.6 is 0 Å². The number of likely N-dealkylation sites (N-methyl/N-ethyl adjacent to an activating group) is 1. The van der Waals surface area contributed by atoms with Gasteiger partial charge in [-0.2, -0.15) is 0 Å². The summed E-state index contributed by atoms with van der Waals surface area (Å²) in [5.41, 5.74) is 1.14. The molecule has 0 aliphatic rings.